The number of aromatic amines is 1. The fraction of sp³-hybridized carbons (Fsp3) is 0.417. The standard InChI is InChI=1S/C36H46N4O8/c1-7-19-46-34(44)31(23(2)3)40-32(42)28(17-18-30(41)48-36(4,5)6)38-33(43)29(20-25-21-37-27-16-12-11-15-26(25)27)39-35(45)47-22-24-13-9-8-10-14-24/h7-16,21,23,28-29,31,37H,1,17-20,22H2,2-6H3,(H,38,43)(H,39,45)(H,40,42)/t28-,29-,31+/m0/s1. The van der Waals surface area contributed by atoms with E-state index in [1.807, 2.05) is 42.5 Å². The van der Waals surface area contributed by atoms with Gasteiger partial charge in [0.15, 0.2) is 0 Å². The Morgan fingerprint density at radius 3 is 2.21 bits per heavy atom. The summed E-state index contributed by atoms with van der Waals surface area (Å²) >= 11 is 0. The quantitative estimate of drug-likeness (QED) is 0.0991. The molecule has 0 bridgehead atoms. The molecule has 0 saturated carbocycles. The van der Waals surface area contributed by atoms with E-state index in [9.17, 15) is 24.0 Å². The number of hydrogen-bond acceptors (Lipinski definition) is 8. The number of para-hydroxylation sites is 1. The Balaban J connectivity index is 1.85. The minimum atomic E-state index is -1.27. The molecule has 4 N–H and O–H groups in total. The normalized spacial score (nSPS) is 13.1. The van der Waals surface area contributed by atoms with Crippen molar-refractivity contribution < 1.29 is 38.2 Å². The lowest BCUT2D eigenvalue weighted by Gasteiger charge is -2.26. The number of carbonyl (C=O) groups is 5. The summed E-state index contributed by atoms with van der Waals surface area (Å²) in [6.45, 7) is 12.1. The third kappa shape index (κ3) is 11.9. The van der Waals surface area contributed by atoms with E-state index < -0.39 is 53.6 Å². The Hall–Kier alpha value is -5.13. The number of alkyl carbamates (subject to hydrolysis) is 1. The van der Waals surface area contributed by atoms with Gasteiger partial charge < -0.3 is 35.1 Å². The number of carbonyl (C=O) groups excluding carboxylic acids is 5. The summed E-state index contributed by atoms with van der Waals surface area (Å²) in [6, 6.07) is 13.1. The lowest BCUT2D eigenvalue weighted by atomic mass is 10.0. The van der Waals surface area contributed by atoms with E-state index in [0.717, 1.165) is 22.0 Å². The number of esters is 2. The lowest BCUT2D eigenvalue weighted by Crippen LogP contribution is -2.57. The summed E-state index contributed by atoms with van der Waals surface area (Å²) in [6.07, 6.45) is 2.03. The fourth-order valence-electron chi connectivity index (χ4n) is 4.82. The zero-order chi connectivity index (χ0) is 35.3. The van der Waals surface area contributed by atoms with Crippen LogP contribution in [0.25, 0.3) is 10.9 Å². The van der Waals surface area contributed by atoms with E-state index in [1.54, 1.807) is 52.9 Å². The third-order valence-electron chi connectivity index (χ3n) is 7.17. The molecule has 3 rings (SSSR count). The third-order valence-corrected chi connectivity index (χ3v) is 7.17. The highest BCUT2D eigenvalue weighted by Gasteiger charge is 2.33. The maximum atomic E-state index is 13.9. The summed E-state index contributed by atoms with van der Waals surface area (Å²) < 4.78 is 16.0. The molecule has 12 nitrogen and oxygen atoms in total. The van der Waals surface area contributed by atoms with Gasteiger partial charge in [-0.3, -0.25) is 14.4 Å². The average molecular weight is 663 g/mol. The molecule has 3 atom stereocenters. The van der Waals surface area contributed by atoms with Crippen LogP contribution in [0.2, 0.25) is 0 Å². The zero-order valence-electron chi connectivity index (χ0n) is 28.2. The van der Waals surface area contributed by atoms with Crippen LogP contribution in [0.1, 0.15) is 58.6 Å². The Morgan fingerprint density at radius 1 is 0.875 bits per heavy atom. The zero-order valence-corrected chi connectivity index (χ0v) is 28.2. The summed E-state index contributed by atoms with van der Waals surface area (Å²) in [5, 5.41) is 8.84. The van der Waals surface area contributed by atoms with Crippen LogP contribution in [0.15, 0.2) is 73.4 Å². The smallest absolute Gasteiger partial charge is 0.408 e. The van der Waals surface area contributed by atoms with Crippen LogP contribution in [0, 0.1) is 5.92 Å². The Kier molecular flexibility index (Phi) is 13.8. The molecule has 258 valence electrons. The van der Waals surface area contributed by atoms with E-state index in [-0.39, 0.29) is 38.4 Å². The fourth-order valence-corrected chi connectivity index (χ4v) is 4.82. The van der Waals surface area contributed by atoms with Gasteiger partial charge >= 0.3 is 18.0 Å². The van der Waals surface area contributed by atoms with Gasteiger partial charge in [-0.2, -0.15) is 0 Å². The average Bonchev–Trinajstić information content (AvgIpc) is 3.45. The Morgan fingerprint density at radius 2 is 1.54 bits per heavy atom. The molecule has 0 fully saturated rings. The first-order valence-corrected chi connectivity index (χ1v) is 15.9. The number of hydrogen-bond donors (Lipinski definition) is 4. The lowest BCUT2D eigenvalue weighted by molar-refractivity contribution is -0.155. The molecule has 0 radical (unpaired) electrons. The molecule has 0 unspecified atom stereocenters. The molecule has 12 heteroatoms. The molecular formula is C36H46N4O8. The first kappa shape index (κ1) is 37.3. The van der Waals surface area contributed by atoms with E-state index in [0.29, 0.717) is 0 Å². The highest BCUT2D eigenvalue weighted by molar-refractivity contribution is 5.94. The number of fused-ring (bicyclic) bond motifs is 1. The van der Waals surface area contributed by atoms with Crippen LogP contribution in [-0.4, -0.2) is 65.2 Å². The summed E-state index contributed by atoms with van der Waals surface area (Å²) in [7, 11) is 0. The first-order chi connectivity index (χ1) is 22.8. The van der Waals surface area contributed by atoms with Crippen LogP contribution in [0.4, 0.5) is 4.79 Å². The maximum absolute atomic E-state index is 13.9. The molecular weight excluding hydrogens is 616 g/mol. The summed E-state index contributed by atoms with van der Waals surface area (Å²) in [5.41, 5.74) is 1.59. The van der Waals surface area contributed by atoms with E-state index >= 15 is 0 Å². The van der Waals surface area contributed by atoms with Crippen LogP contribution < -0.4 is 16.0 Å². The van der Waals surface area contributed by atoms with E-state index in [4.69, 9.17) is 14.2 Å². The molecule has 1 heterocycles. The topological polar surface area (TPSA) is 165 Å². The van der Waals surface area contributed by atoms with Crippen LogP contribution >= 0.6 is 0 Å². The van der Waals surface area contributed by atoms with Gasteiger partial charge in [-0.05, 0) is 50.3 Å². The Bertz CT molecular complexity index is 1560. The van der Waals surface area contributed by atoms with Gasteiger partial charge in [-0.15, -0.1) is 0 Å². The van der Waals surface area contributed by atoms with Crippen molar-refractivity contribution in [3.05, 3.63) is 84.6 Å². The van der Waals surface area contributed by atoms with Crippen molar-refractivity contribution >= 4 is 40.7 Å². The second-order valence-electron chi connectivity index (χ2n) is 12.7. The number of rotatable bonds is 16. The predicted octanol–water partition coefficient (Wildman–Crippen LogP) is 4.48. The molecule has 2 aromatic carbocycles. The number of H-pyrrole nitrogens is 1. The molecule has 3 aromatic rings. The van der Waals surface area contributed by atoms with Gasteiger partial charge in [0.05, 0.1) is 0 Å². The van der Waals surface area contributed by atoms with Crippen molar-refractivity contribution in [3.8, 4) is 0 Å². The maximum Gasteiger partial charge on any atom is 0.408 e. The van der Waals surface area contributed by atoms with Crippen molar-refractivity contribution in [1.29, 1.82) is 0 Å². The minimum Gasteiger partial charge on any atom is -0.460 e. The molecule has 0 aliphatic heterocycles. The highest BCUT2D eigenvalue weighted by atomic mass is 16.6. The van der Waals surface area contributed by atoms with Crippen molar-refractivity contribution in [3.63, 3.8) is 0 Å². The van der Waals surface area contributed by atoms with Gasteiger partial charge in [0.1, 0.15) is 36.9 Å². The molecule has 1 aromatic heterocycles. The van der Waals surface area contributed by atoms with E-state index in [1.165, 1.54) is 6.08 Å². The number of benzene rings is 2. The van der Waals surface area contributed by atoms with Gasteiger partial charge in [-0.25, -0.2) is 9.59 Å². The van der Waals surface area contributed by atoms with Crippen molar-refractivity contribution in [2.45, 2.75) is 84.2 Å². The second-order valence-corrected chi connectivity index (χ2v) is 12.7. The van der Waals surface area contributed by atoms with Gasteiger partial charge in [0.25, 0.3) is 0 Å². The predicted molar refractivity (Wildman–Crippen MR) is 180 cm³/mol. The largest absolute Gasteiger partial charge is 0.460 e. The van der Waals surface area contributed by atoms with Gasteiger partial charge in [-0.1, -0.05) is 75.0 Å². The molecule has 0 spiro atoms. The molecule has 0 aliphatic rings. The second kappa shape index (κ2) is 17.7. The highest BCUT2D eigenvalue weighted by Crippen LogP contribution is 2.20. The van der Waals surface area contributed by atoms with Crippen LogP contribution in [-0.2, 0) is 46.4 Å². The Labute approximate surface area is 281 Å². The number of nitrogens with one attached hydrogen (secondary N) is 4. The summed E-state index contributed by atoms with van der Waals surface area (Å²) in [4.78, 5) is 69.0. The number of amides is 3. The van der Waals surface area contributed by atoms with Crippen molar-refractivity contribution in [1.82, 2.24) is 20.9 Å². The molecule has 0 saturated heterocycles. The van der Waals surface area contributed by atoms with Crippen molar-refractivity contribution in [2.24, 2.45) is 5.92 Å². The van der Waals surface area contributed by atoms with E-state index in [2.05, 4.69) is 27.5 Å². The molecule has 48 heavy (non-hydrogen) atoms. The SMILES string of the molecule is C=CCOC(=O)[C@H](NC(=O)[C@H](CCC(=O)OC(C)(C)C)NC(=O)[C@H](Cc1c[nH]c2ccccc12)NC(=O)OCc1ccccc1)C(C)C. The monoisotopic (exact) mass is 662 g/mol. The summed E-state index contributed by atoms with van der Waals surface area (Å²) in [5.74, 6) is -3.01. The van der Waals surface area contributed by atoms with Crippen molar-refractivity contribution in [2.75, 3.05) is 6.61 Å². The minimum absolute atomic E-state index is 0.0203. The first-order valence-electron chi connectivity index (χ1n) is 15.9. The molecule has 0 aliphatic carbocycles. The van der Waals surface area contributed by atoms with Gasteiger partial charge in [0.2, 0.25) is 11.8 Å². The van der Waals surface area contributed by atoms with Gasteiger partial charge in [0, 0.05) is 29.9 Å². The number of aromatic nitrogens is 1. The molecule has 3 amide bonds. The number of ether oxygens (including phenoxy) is 3. The van der Waals surface area contributed by atoms with Crippen LogP contribution in [0.3, 0.4) is 0 Å². The van der Waals surface area contributed by atoms with Crippen LogP contribution in [0.5, 0.6) is 0 Å².